The minimum absolute atomic E-state index is 0.0871. The fourth-order valence-corrected chi connectivity index (χ4v) is 3.68. The number of rotatable bonds is 3. The van der Waals surface area contributed by atoms with Gasteiger partial charge in [-0.25, -0.2) is 8.78 Å². The van der Waals surface area contributed by atoms with Gasteiger partial charge in [-0.3, -0.25) is 4.79 Å². The molecular formula is C13H11F2N3OS2. The van der Waals surface area contributed by atoms with Crippen molar-refractivity contribution < 1.29 is 13.6 Å². The van der Waals surface area contributed by atoms with E-state index in [1.54, 1.807) is 5.51 Å². The summed E-state index contributed by atoms with van der Waals surface area (Å²) in [6.45, 7) is 0.406. The number of hydrogen-bond donors (Lipinski definition) is 0. The lowest BCUT2D eigenvalue weighted by molar-refractivity contribution is -0.116. The zero-order chi connectivity index (χ0) is 14.8. The van der Waals surface area contributed by atoms with Gasteiger partial charge in [-0.2, -0.15) is 0 Å². The first kappa shape index (κ1) is 14.4. The maximum absolute atomic E-state index is 14.0. The Morgan fingerprint density at radius 3 is 2.95 bits per heavy atom. The van der Waals surface area contributed by atoms with Crippen LogP contribution in [0, 0.1) is 11.6 Å². The number of hydrogen-bond acceptors (Lipinski definition) is 5. The second kappa shape index (κ2) is 6.07. The van der Waals surface area contributed by atoms with Crippen molar-refractivity contribution in [2.75, 3.05) is 17.2 Å². The van der Waals surface area contributed by atoms with E-state index in [2.05, 4.69) is 10.2 Å². The van der Waals surface area contributed by atoms with Crippen molar-refractivity contribution in [2.24, 2.45) is 0 Å². The summed E-state index contributed by atoms with van der Waals surface area (Å²) in [5, 5.41) is 7.52. The fraction of sp³-hybridized carbons (Fsp3) is 0.308. The molecule has 2 aromatic rings. The molecular weight excluding hydrogens is 316 g/mol. The van der Waals surface area contributed by atoms with Crippen molar-refractivity contribution in [3.8, 4) is 0 Å². The lowest BCUT2D eigenvalue weighted by Gasteiger charge is -2.29. The van der Waals surface area contributed by atoms with Gasteiger partial charge in [-0.1, -0.05) is 23.1 Å². The Balaban J connectivity index is 1.81. The zero-order valence-corrected chi connectivity index (χ0v) is 12.5. The van der Waals surface area contributed by atoms with E-state index >= 15 is 0 Å². The van der Waals surface area contributed by atoms with Gasteiger partial charge in [-0.05, 0) is 25.0 Å². The van der Waals surface area contributed by atoms with Gasteiger partial charge in [0.15, 0.2) is 4.34 Å². The highest BCUT2D eigenvalue weighted by Gasteiger charge is 2.27. The Hall–Kier alpha value is -1.54. The normalized spacial score (nSPS) is 14.1. The predicted molar refractivity (Wildman–Crippen MR) is 77.7 cm³/mol. The molecule has 1 aliphatic heterocycles. The molecule has 0 aliphatic carbocycles. The highest BCUT2D eigenvalue weighted by molar-refractivity contribution is 8.01. The largest absolute Gasteiger partial charge is 0.309 e. The van der Waals surface area contributed by atoms with Crippen LogP contribution >= 0.6 is 23.1 Å². The van der Waals surface area contributed by atoms with Crippen molar-refractivity contribution in [1.82, 2.24) is 10.2 Å². The SMILES string of the molecule is O=C(CSc1nncs1)N1CCCc2c(F)ccc(F)c21. The quantitative estimate of drug-likeness (QED) is 0.813. The molecule has 1 aromatic carbocycles. The predicted octanol–water partition coefficient (Wildman–Crippen LogP) is 2.89. The van der Waals surface area contributed by atoms with Crippen LogP contribution in [0.4, 0.5) is 14.5 Å². The number of carbonyl (C=O) groups excluding carboxylic acids is 1. The fourth-order valence-electron chi connectivity index (χ4n) is 2.32. The number of amides is 1. The van der Waals surface area contributed by atoms with E-state index in [-0.39, 0.29) is 22.9 Å². The van der Waals surface area contributed by atoms with E-state index in [1.807, 2.05) is 0 Å². The molecule has 0 bridgehead atoms. The summed E-state index contributed by atoms with van der Waals surface area (Å²) in [4.78, 5) is 13.6. The summed E-state index contributed by atoms with van der Waals surface area (Å²) >= 11 is 2.59. The Morgan fingerprint density at radius 2 is 2.19 bits per heavy atom. The Bertz CT molecular complexity index is 664. The molecule has 1 aliphatic rings. The summed E-state index contributed by atoms with van der Waals surface area (Å²) in [7, 11) is 0. The first-order chi connectivity index (χ1) is 10.2. The maximum atomic E-state index is 14.0. The van der Waals surface area contributed by atoms with Crippen LogP contribution in [0.1, 0.15) is 12.0 Å². The molecule has 0 saturated heterocycles. The van der Waals surface area contributed by atoms with Gasteiger partial charge >= 0.3 is 0 Å². The Morgan fingerprint density at radius 1 is 1.38 bits per heavy atom. The topological polar surface area (TPSA) is 46.1 Å². The summed E-state index contributed by atoms with van der Waals surface area (Å²) in [5.41, 5.74) is 1.96. The van der Waals surface area contributed by atoms with E-state index in [4.69, 9.17) is 0 Å². The summed E-state index contributed by atoms with van der Waals surface area (Å²) in [6.07, 6.45) is 1.08. The number of fused-ring (bicyclic) bond motifs is 1. The van der Waals surface area contributed by atoms with Crippen LogP contribution in [-0.4, -0.2) is 28.4 Å². The molecule has 0 N–H and O–H groups in total. The number of carbonyl (C=O) groups is 1. The highest BCUT2D eigenvalue weighted by Crippen LogP contribution is 2.33. The molecule has 3 rings (SSSR count). The van der Waals surface area contributed by atoms with E-state index in [9.17, 15) is 13.6 Å². The van der Waals surface area contributed by atoms with E-state index < -0.39 is 11.6 Å². The third-order valence-electron chi connectivity index (χ3n) is 3.21. The van der Waals surface area contributed by atoms with Gasteiger partial charge in [0.25, 0.3) is 0 Å². The summed E-state index contributed by atoms with van der Waals surface area (Å²) < 4.78 is 28.4. The molecule has 0 fully saturated rings. The number of nitrogens with zero attached hydrogens (tertiary/aromatic N) is 3. The van der Waals surface area contributed by atoms with E-state index in [1.165, 1.54) is 28.0 Å². The lowest BCUT2D eigenvalue weighted by Crippen LogP contribution is -2.37. The molecule has 0 radical (unpaired) electrons. The zero-order valence-electron chi connectivity index (χ0n) is 10.9. The van der Waals surface area contributed by atoms with Gasteiger partial charge in [-0.15, -0.1) is 10.2 Å². The second-order valence-corrected chi connectivity index (χ2v) is 6.55. The number of aromatic nitrogens is 2. The molecule has 8 heteroatoms. The average molecular weight is 327 g/mol. The maximum Gasteiger partial charge on any atom is 0.237 e. The van der Waals surface area contributed by atoms with Gasteiger partial charge in [0.1, 0.15) is 17.1 Å². The van der Waals surface area contributed by atoms with Crippen molar-refractivity contribution in [1.29, 1.82) is 0 Å². The molecule has 110 valence electrons. The van der Waals surface area contributed by atoms with Crippen molar-refractivity contribution in [3.05, 3.63) is 34.8 Å². The lowest BCUT2D eigenvalue weighted by atomic mass is 10.0. The first-order valence-corrected chi connectivity index (χ1v) is 8.19. The van der Waals surface area contributed by atoms with Gasteiger partial charge < -0.3 is 4.90 Å². The molecule has 0 spiro atoms. The van der Waals surface area contributed by atoms with Crippen LogP contribution < -0.4 is 4.90 Å². The second-order valence-electron chi connectivity index (χ2n) is 4.50. The van der Waals surface area contributed by atoms with Gasteiger partial charge in [0.2, 0.25) is 5.91 Å². The van der Waals surface area contributed by atoms with E-state index in [0.717, 1.165) is 12.1 Å². The van der Waals surface area contributed by atoms with Crippen molar-refractivity contribution in [2.45, 2.75) is 17.2 Å². The molecule has 0 atom stereocenters. The van der Waals surface area contributed by atoms with Crippen LogP contribution in [0.2, 0.25) is 0 Å². The number of anilines is 1. The van der Waals surface area contributed by atoms with Crippen molar-refractivity contribution >= 4 is 34.7 Å². The van der Waals surface area contributed by atoms with Gasteiger partial charge in [0.05, 0.1) is 11.4 Å². The van der Waals surface area contributed by atoms with Crippen LogP contribution in [0.15, 0.2) is 22.0 Å². The van der Waals surface area contributed by atoms with Crippen LogP contribution in [0.3, 0.4) is 0 Å². The molecule has 2 heterocycles. The third-order valence-corrected chi connectivity index (χ3v) is 5.06. The average Bonchev–Trinajstić information content (AvgIpc) is 3.01. The molecule has 0 saturated carbocycles. The first-order valence-electron chi connectivity index (χ1n) is 6.33. The molecule has 4 nitrogen and oxygen atoms in total. The van der Waals surface area contributed by atoms with Gasteiger partial charge in [0, 0.05) is 12.1 Å². The Labute approximate surface area is 128 Å². The molecule has 1 aromatic heterocycles. The third kappa shape index (κ3) is 2.91. The summed E-state index contributed by atoms with van der Waals surface area (Å²) in [6, 6.07) is 2.18. The molecule has 21 heavy (non-hydrogen) atoms. The number of halogens is 2. The smallest absolute Gasteiger partial charge is 0.237 e. The van der Waals surface area contributed by atoms with Crippen LogP contribution in [0.5, 0.6) is 0 Å². The van der Waals surface area contributed by atoms with Crippen LogP contribution in [-0.2, 0) is 11.2 Å². The summed E-state index contributed by atoms with van der Waals surface area (Å²) in [5.74, 6) is -1.13. The monoisotopic (exact) mass is 327 g/mol. The standard InChI is InChI=1S/C13H11F2N3OS2/c14-9-3-4-10(15)12-8(9)2-1-5-18(12)11(19)6-20-13-17-16-7-21-13/h3-4,7H,1-2,5-6H2. The minimum atomic E-state index is -0.555. The highest BCUT2D eigenvalue weighted by atomic mass is 32.2. The number of thioether (sulfide) groups is 1. The van der Waals surface area contributed by atoms with E-state index in [0.29, 0.717) is 23.7 Å². The molecule has 1 amide bonds. The van der Waals surface area contributed by atoms with Crippen LogP contribution in [0.25, 0.3) is 0 Å². The number of benzene rings is 1. The Kier molecular flexibility index (Phi) is 4.16. The minimum Gasteiger partial charge on any atom is -0.309 e. The van der Waals surface area contributed by atoms with Crippen molar-refractivity contribution in [3.63, 3.8) is 0 Å². The molecule has 0 unspecified atom stereocenters.